The van der Waals surface area contributed by atoms with Gasteiger partial charge >= 0.3 is 12.0 Å². The number of aromatic carboxylic acids is 1. The minimum absolute atomic E-state index is 0.115. The molecule has 19 heavy (non-hydrogen) atoms. The Morgan fingerprint density at radius 3 is 2.42 bits per heavy atom. The predicted octanol–water partition coefficient (Wildman–Crippen LogP) is 2.33. The second kappa shape index (κ2) is 7.41. The Kier molecular flexibility index (Phi) is 5.85. The highest BCUT2D eigenvalue weighted by Gasteiger charge is 2.08. The van der Waals surface area contributed by atoms with Gasteiger partial charge in [0.25, 0.3) is 0 Å². The number of nitrogens with zero attached hydrogens (tertiary/aromatic N) is 1. The van der Waals surface area contributed by atoms with E-state index < -0.39 is 5.97 Å². The third-order valence-electron chi connectivity index (χ3n) is 2.77. The van der Waals surface area contributed by atoms with Crippen LogP contribution in [0.3, 0.4) is 0 Å². The van der Waals surface area contributed by atoms with Gasteiger partial charge in [-0.15, -0.1) is 0 Å². The molecule has 0 aliphatic heterocycles. The molecule has 2 amide bonds. The van der Waals surface area contributed by atoms with Crippen molar-refractivity contribution in [3.05, 3.63) is 35.4 Å². The zero-order valence-corrected chi connectivity index (χ0v) is 11.3. The quantitative estimate of drug-likeness (QED) is 0.775. The van der Waals surface area contributed by atoms with E-state index in [0.29, 0.717) is 13.1 Å². The standard InChI is InChI=1S/C14H20N2O3/c1-3-4-9-15-14(19)16(2)10-11-5-7-12(8-6-11)13(17)18/h5-8H,3-4,9-10H2,1-2H3,(H,15,19)(H,17,18). The molecule has 0 unspecified atom stereocenters. The highest BCUT2D eigenvalue weighted by atomic mass is 16.4. The lowest BCUT2D eigenvalue weighted by molar-refractivity contribution is 0.0697. The van der Waals surface area contributed by atoms with Crippen LogP contribution in [0.4, 0.5) is 4.79 Å². The monoisotopic (exact) mass is 264 g/mol. The predicted molar refractivity (Wildman–Crippen MR) is 73.2 cm³/mol. The topological polar surface area (TPSA) is 69.6 Å². The highest BCUT2D eigenvalue weighted by molar-refractivity contribution is 5.87. The molecular weight excluding hydrogens is 244 g/mol. The van der Waals surface area contributed by atoms with E-state index in [0.717, 1.165) is 18.4 Å². The molecule has 0 radical (unpaired) electrons. The first-order chi connectivity index (χ1) is 9.04. The van der Waals surface area contributed by atoms with Crippen LogP contribution >= 0.6 is 0 Å². The molecule has 0 atom stereocenters. The molecular formula is C14H20N2O3. The lowest BCUT2D eigenvalue weighted by Crippen LogP contribution is -2.37. The number of rotatable bonds is 6. The van der Waals surface area contributed by atoms with E-state index in [1.54, 1.807) is 36.2 Å². The Bertz CT molecular complexity index is 429. The average Bonchev–Trinajstić information content (AvgIpc) is 2.39. The van der Waals surface area contributed by atoms with Crippen LogP contribution in [-0.4, -0.2) is 35.6 Å². The molecule has 0 heterocycles. The van der Waals surface area contributed by atoms with Crippen LogP contribution in [0.5, 0.6) is 0 Å². The summed E-state index contributed by atoms with van der Waals surface area (Å²) in [4.78, 5) is 24.0. The van der Waals surface area contributed by atoms with E-state index >= 15 is 0 Å². The Hall–Kier alpha value is -2.04. The van der Waals surface area contributed by atoms with E-state index in [2.05, 4.69) is 12.2 Å². The van der Waals surface area contributed by atoms with Crippen LogP contribution in [0.1, 0.15) is 35.7 Å². The first-order valence-corrected chi connectivity index (χ1v) is 6.35. The van der Waals surface area contributed by atoms with Gasteiger partial charge in [-0.05, 0) is 24.1 Å². The first kappa shape index (κ1) is 15.0. The lowest BCUT2D eigenvalue weighted by atomic mass is 10.1. The van der Waals surface area contributed by atoms with Crippen molar-refractivity contribution in [3.63, 3.8) is 0 Å². The molecule has 0 aromatic heterocycles. The van der Waals surface area contributed by atoms with Gasteiger partial charge in [-0.2, -0.15) is 0 Å². The maximum atomic E-state index is 11.7. The number of carboxylic acid groups (broad SMARTS) is 1. The molecule has 1 aromatic rings. The summed E-state index contributed by atoms with van der Waals surface area (Å²) in [6.45, 7) is 3.20. The average molecular weight is 264 g/mol. The third-order valence-corrected chi connectivity index (χ3v) is 2.77. The molecule has 0 aliphatic rings. The molecule has 0 fully saturated rings. The Morgan fingerprint density at radius 2 is 1.89 bits per heavy atom. The lowest BCUT2D eigenvalue weighted by Gasteiger charge is -2.18. The fraction of sp³-hybridized carbons (Fsp3) is 0.429. The Labute approximate surface area is 113 Å². The minimum atomic E-state index is -0.947. The fourth-order valence-electron chi connectivity index (χ4n) is 1.61. The van der Waals surface area contributed by atoms with Crippen LogP contribution in [0, 0.1) is 0 Å². The summed E-state index contributed by atoms with van der Waals surface area (Å²) in [7, 11) is 1.71. The van der Waals surface area contributed by atoms with Crippen LogP contribution in [0.2, 0.25) is 0 Å². The summed E-state index contributed by atoms with van der Waals surface area (Å²) < 4.78 is 0. The molecule has 5 heteroatoms. The molecule has 2 N–H and O–H groups in total. The second-order valence-electron chi connectivity index (χ2n) is 4.44. The van der Waals surface area contributed by atoms with Crippen molar-refractivity contribution in [1.82, 2.24) is 10.2 Å². The van der Waals surface area contributed by atoms with Gasteiger partial charge in [-0.3, -0.25) is 0 Å². The van der Waals surface area contributed by atoms with Gasteiger partial charge < -0.3 is 15.3 Å². The number of amides is 2. The van der Waals surface area contributed by atoms with E-state index in [4.69, 9.17) is 5.11 Å². The van der Waals surface area contributed by atoms with Crippen LogP contribution in [-0.2, 0) is 6.54 Å². The fourth-order valence-corrected chi connectivity index (χ4v) is 1.61. The second-order valence-corrected chi connectivity index (χ2v) is 4.44. The number of carboxylic acids is 1. The largest absolute Gasteiger partial charge is 0.478 e. The molecule has 0 saturated carbocycles. The van der Waals surface area contributed by atoms with Gasteiger partial charge in [-0.25, -0.2) is 9.59 Å². The number of urea groups is 1. The molecule has 0 saturated heterocycles. The van der Waals surface area contributed by atoms with Gasteiger partial charge in [0.2, 0.25) is 0 Å². The molecule has 0 aliphatic carbocycles. The van der Waals surface area contributed by atoms with Crippen molar-refractivity contribution in [3.8, 4) is 0 Å². The molecule has 5 nitrogen and oxygen atoms in total. The van der Waals surface area contributed by atoms with E-state index in [-0.39, 0.29) is 11.6 Å². The summed E-state index contributed by atoms with van der Waals surface area (Å²) in [5.74, 6) is -0.947. The molecule has 0 bridgehead atoms. The van der Waals surface area contributed by atoms with Crippen LogP contribution in [0.15, 0.2) is 24.3 Å². The molecule has 0 spiro atoms. The van der Waals surface area contributed by atoms with Gasteiger partial charge in [-0.1, -0.05) is 25.5 Å². The zero-order valence-electron chi connectivity index (χ0n) is 11.3. The van der Waals surface area contributed by atoms with Crippen molar-refractivity contribution in [2.45, 2.75) is 26.3 Å². The number of carbonyl (C=O) groups is 2. The smallest absolute Gasteiger partial charge is 0.335 e. The SMILES string of the molecule is CCCCNC(=O)N(C)Cc1ccc(C(=O)O)cc1. The number of carbonyl (C=O) groups excluding carboxylic acids is 1. The number of nitrogens with one attached hydrogen (secondary N) is 1. The highest BCUT2D eigenvalue weighted by Crippen LogP contribution is 2.07. The number of unbranched alkanes of at least 4 members (excludes halogenated alkanes) is 1. The maximum Gasteiger partial charge on any atom is 0.335 e. The maximum absolute atomic E-state index is 11.7. The van der Waals surface area contributed by atoms with E-state index in [1.807, 2.05) is 0 Å². The molecule has 1 rings (SSSR count). The summed E-state index contributed by atoms with van der Waals surface area (Å²) in [5.41, 5.74) is 1.15. The zero-order chi connectivity index (χ0) is 14.3. The van der Waals surface area contributed by atoms with Crippen molar-refractivity contribution in [1.29, 1.82) is 0 Å². The van der Waals surface area contributed by atoms with E-state index in [1.165, 1.54) is 0 Å². The summed E-state index contributed by atoms with van der Waals surface area (Å²) in [6.07, 6.45) is 2.01. The van der Waals surface area contributed by atoms with Crippen molar-refractivity contribution >= 4 is 12.0 Å². The van der Waals surface area contributed by atoms with Crippen molar-refractivity contribution < 1.29 is 14.7 Å². The van der Waals surface area contributed by atoms with Crippen LogP contribution in [0.25, 0.3) is 0 Å². The van der Waals surface area contributed by atoms with Crippen molar-refractivity contribution in [2.24, 2.45) is 0 Å². The van der Waals surface area contributed by atoms with Gasteiger partial charge in [0.05, 0.1) is 5.56 Å². The number of hydrogen-bond acceptors (Lipinski definition) is 2. The first-order valence-electron chi connectivity index (χ1n) is 6.35. The van der Waals surface area contributed by atoms with Gasteiger partial charge in [0.15, 0.2) is 0 Å². The number of benzene rings is 1. The Balaban J connectivity index is 2.49. The van der Waals surface area contributed by atoms with Gasteiger partial charge in [0.1, 0.15) is 0 Å². The van der Waals surface area contributed by atoms with Crippen LogP contribution < -0.4 is 5.32 Å². The summed E-state index contributed by atoms with van der Waals surface area (Å²) >= 11 is 0. The summed E-state index contributed by atoms with van der Waals surface area (Å²) in [5, 5.41) is 11.6. The molecule has 104 valence electrons. The third kappa shape index (κ3) is 4.99. The Morgan fingerprint density at radius 1 is 1.26 bits per heavy atom. The number of hydrogen-bond donors (Lipinski definition) is 2. The van der Waals surface area contributed by atoms with Gasteiger partial charge in [0, 0.05) is 20.1 Å². The normalized spacial score (nSPS) is 10.0. The molecule has 1 aromatic carbocycles. The van der Waals surface area contributed by atoms with Crippen molar-refractivity contribution in [2.75, 3.05) is 13.6 Å². The summed E-state index contributed by atoms with van der Waals surface area (Å²) in [6, 6.07) is 6.41. The van der Waals surface area contributed by atoms with E-state index in [9.17, 15) is 9.59 Å². The minimum Gasteiger partial charge on any atom is -0.478 e.